The van der Waals surface area contributed by atoms with Gasteiger partial charge in [-0.1, -0.05) is 76.9 Å². The molecule has 0 N–H and O–H groups in total. The van der Waals surface area contributed by atoms with Crippen LogP contribution >= 0.6 is 0 Å². The van der Waals surface area contributed by atoms with Crippen LogP contribution in [0.1, 0.15) is 88.9 Å². The summed E-state index contributed by atoms with van der Waals surface area (Å²) in [6, 6.07) is 28.4. The Morgan fingerprint density at radius 3 is 2.43 bits per heavy atom. The van der Waals surface area contributed by atoms with Crippen molar-refractivity contribution in [3.05, 3.63) is 119 Å². The van der Waals surface area contributed by atoms with Crippen LogP contribution in [0.15, 0.2) is 78.5 Å². The molecular formula is C43H46N4OPt. The molecule has 0 spiro atoms. The Balaban J connectivity index is 0.00000417. The van der Waals surface area contributed by atoms with Crippen molar-refractivity contribution in [1.82, 2.24) is 19.3 Å². The topological polar surface area (TPSA) is 44.9 Å². The second-order valence-electron chi connectivity index (χ2n) is 14.9. The van der Waals surface area contributed by atoms with Crippen molar-refractivity contribution in [2.75, 3.05) is 0 Å². The van der Waals surface area contributed by atoms with Gasteiger partial charge in [-0.15, -0.1) is 41.3 Å². The van der Waals surface area contributed by atoms with Crippen LogP contribution < -0.4 is 4.74 Å². The molecule has 0 bridgehead atoms. The third-order valence-electron chi connectivity index (χ3n) is 10.2. The summed E-state index contributed by atoms with van der Waals surface area (Å²) in [4.78, 5) is 4.77. The molecule has 0 fully saturated rings. The van der Waals surface area contributed by atoms with Crippen molar-refractivity contribution >= 4 is 21.8 Å². The Bertz CT molecular complexity index is 2200. The molecule has 0 saturated carbocycles. The molecule has 0 aliphatic heterocycles. The summed E-state index contributed by atoms with van der Waals surface area (Å²) in [5.74, 6) is 3.70. The average molecular weight is 830 g/mol. The third-order valence-corrected chi connectivity index (χ3v) is 10.2. The number of fused-ring (bicyclic) bond motifs is 3. The van der Waals surface area contributed by atoms with Gasteiger partial charge >= 0.3 is 21.1 Å². The first kappa shape index (κ1) is 34.9. The maximum Gasteiger partial charge on any atom is 2.00 e. The molecule has 6 heteroatoms. The number of para-hydroxylation sites is 1. The molecule has 3 aromatic carbocycles. The van der Waals surface area contributed by atoms with Crippen LogP contribution in [0, 0.1) is 37.8 Å². The summed E-state index contributed by atoms with van der Waals surface area (Å²) in [6.45, 7) is 20.2. The van der Waals surface area contributed by atoms with Gasteiger partial charge in [-0.25, -0.2) is 4.98 Å². The smallest absolute Gasteiger partial charge is 0.509 e. The van der Waals surface area contributed by atoms with E-state index in [0.717, 1.165) is 51.0 Å². The third kappa shape index (κ3) is 6.43. The molecule has 0 radical (unpaired) electrons. The fourth-order valence-electron chi connectivity index (χ4n) is 7.87. The second-order valence-corrected chi connectivity index (χ2v) is 14.9. The Hall–Kier alpha value is -3.95. The van der Waals surface area contributed by atoms with Crippen LogP contribution in [0.5, 0.6) is 11.5 Å². The Kier molecular flexibility index (Phi) is 9.54. The van der Waals surface area contributed by atoms with Crippen LogP contribution in [0.25, 0.3) is 33.3 Å². The maximum atomic E-state index is 6.66. The summed E-state index contributed by atoms with van der Waals surface area (Å²) in [5.41, 5.74) is 10.2. The van der Waals surface area contributed by atoms with Crippen molar-refractivity contribution in [2.45, 2.75) is 86.5 Å². The predicted molar refractivity (Wildman–Crippen MR) is 197 cm³/mol. The largest absolute Gasteiger partial charge is 2.00 e. The van der Waals surface area contributed by atoms with Crippen LogP contribution in [0.3, 0.4) is 0 Å². The number of allylic oxidation sites excluding steroid dienone is 2. The zero-order valence-electron chi connectivity index (χ0n) is 30.1. The number of ether oxygens (including phenoxy) is 1. The summed E-state index contributed by atoms with van der Waals surface area (Å²) < 4.78 is 10.9. The quantitative estimate of drug-likeness (QED) is 0.124. The van der Waals surface area contributed by atoms with Crippen molar-refractivity contribution < 1.29 is 25.8 Å². The van der Waals surface area contributed by atoms with Gasteiger partial charge in [0.15, 0.2) is 0 Å². The molecule has 1 aliphatic rings. The van der Waals surface area contributed by atoms with E-state index in [1.165, 1.54) is 28.8 Å². The van der Waals surface area contributed by atoms with Gasteiger partial charge < -0.3 is 9.30 Å². The van der Waals surface area contributed by atoms with Gasteiger partial charge in [-0.3, -0.25) is 4.68 Å². The molecule has 3 aromatic heterocycles. The SMILES string of the molecule is CCc1ccnc(-n2c3[c-]c(Oc4[c-]c(-n5nc(C)c(C6C(C)=C[C@H](C)C[C@@H]6C)c5C)cc(C(C)(C)C)c4)ccc3c3ccccc32)c1.[Pt+2]. The predicted octanol–water partition coefficient (Wildman–Crippen LogP) is 10.9. The number of benzene rings is 3. The van der Waals surface area contributed by atoms with Crippen LogP contribution in [-0.4, -0.2) is 19.3 Å². The minimum atomic E-state index is -0.107. The Labute approximate surface area is 305 Å². The number of aryl methyl sites for hydroxylation is 2. The first-order valence-electron chi connectivity index (χ1n) is 17.3. The maximum absolute atomic E-state index is 6.66. The van der Waals surface area contributed by atoms with E-state index in [4.69, 9.17) is 14.8 Å². The molecule has 7 rings (SSSR count). The van der Waals surface area contributed by atoms with Crippen molar-refractivity contribution in [2.24, 2.45) is 11.8 Å². The molecule has 3 heterocycles. The van der Waals surface area contributed by atoms with Gasteiger partial charge in [-0.05, 0) is 85.7 Å². The Morgan fingerprint density at radius 2 is 1.69 bits per heavy atom. The van der Waals surface area contributed by atoms with E-state index in [1.54, 1.807) is 0 Å². The number of aromatic nitrogens is 4. The van der Waals surface area contributed by atoms with Gasteiger partial charge in [0.25, 0.3) is 0 Å². The van der Waals surface area contributed by atoms with E-state index < -0.39 is 0 Å². The first-order chi connectivity index (χ1) is 22.9. The van der Waals surface area contributed by atoms with E-state index >= 15 is 0 Å². The monoisotopic (exact) mass is 829 g/mol. The summed E-state index contributed by atoms with van der Waals surface area (Å²) in [5, 5.41) is 7.40. The van der Waals surface area contributed by atoms with E-state index in [2.05, 4.69) is 144 Å². The number of hydrogen-bond acceptors (Lipinski definition) is 3. The molecule has 0 amide bonds. The van der Waals surface area contributed by atoms with Gasteiger partial charge in [0.1, 0.15) is 5.82 Å². The van der Waals surface area contributed by atoms with Gasteiger partial charge in [0.2, 0.25) is 0 Å². The summed E-state index contributed by atoms with van der Waals surface area (Å²) >= 11 is 0. The zero-order chi connectivity index (χ0) is 33.9. The molecule has 49 heavy (non-hydrogen) atoms. The molecule has 6 aromatic rings. The van der Waals surface area contributed by atoms with E-state index in [-0.39, 0.29) is 26.5 Å². The van der Waals surface area contributed by atoms with Crippen LogP contribution in [-0.2, 0) is 32.9 Å². The minimum Gasteiger partial charge on any atom is -0.509 e. The molecule has 3 atom stereocenters. The number of rotatable bonds is 6. The fourth-order valence-corrected chi connectivity index (χ4v) is 7.87. The first-order valence-corrected chi connectivity index (χ1v) is 17.3. The fraction of sp³-hybridized carbons (Fsp3) is 0.349. The molecule has 1 unspecified atom stereocenters. The minimum absolute atomic E-state index is 0. The molecule has 5 nitrogen and oxygen atoms in total. The Morgan fingerprint density at radius 1 is 0.918 bits per heavy atom. The number of nitrogens with zero attached hydrogens (tertiary/aromatic N) is 4. The van der Waals surface area contributed by atoms with Crippen LogP contribution in [0.2, 0.25) is 0 Å². The van der Waals surface area contributed by atoms with E-state index in [9.17, 15) is 0 Å². The van der Waals surface area contributed by atoms with Gasteiger partial charge in [0.05, 0.1) is 5.69 Å². The summed E-state index contributed by atoms with van der Waals surface area (Å²) in [7, 11) is 0. The van der Waals surface area contributed by atoms with Gasteiger partial charge in [-0.2, -0.15) is 11.2 Å². The normalized spacial score (nSPS) is 18.1. The van der Waals surface area contributed by atoms with E-state index in [0.29, 0.717) is 29.3 Å². The zero-order valence-corrected chi connectivity index (χ0v) is 32.4. The summed E-state index contributed by atoms with van der Waals surface area (Å²) in [6.07, 6.45) is 6.47. The molecular weight excluding hydrogens is 784 g/mol. The molecule has 1 aliphatic carbocycles. The second kappa shape index (κ2) is 13.4. The number of pyridine rings is 1. The standard InChI is InChI=1S/C43H46N4O.Pt/c1-10-31-17-18-44-40(21-31)46-38-14-12-11-13-36(38)37-16-15-34(25-39(37)46)48-35-23-32(43(7,8)9)22-33(24-35)47-30(6)42(29(5)45-47)41-27(3)19-26(2)20-28(41)4;/h11-19,21-23,26,28,41H,10,20H2,1-9H3;/q-2;+2/t26-,28-,41?;/m0./s1. The van der Waals surface area contributed by atoms with Crippen LogP contribution in [0.4, 0.5) is 0 Å². The molecule has 0 saturated heterocycles. The number of hydrogen-bond donors (Lipinski definition) is 0. The molecule has 254 valence electrons. The van der Waals surface area contributed by atoms with Crippen molar-refractivity contribution in [3.8, 4) is 23.0 Å². The average Bonchev–Trinajstić information content (AvgIpc) is 3.53. The van der Waals surface area contributed by atoms with Crippen molar-refractivity contribution in [1.29, 1.82) is 0 Å². The van der Waals surface area contributed by atoms with E-state index in [1.807, 2.05) is 12.3 Å². The van der Waals surface area contributed by atoms with Crippen molar-refractivity contribution in [3.63, 3.8) is 0 Å². The van der Waals surface area contributed by atoms with Gasteiger partial charge in [0, 0.05) is 40.4 Å².